The van der Waals surface area contributed by atoms with Gasteiger partial charge in [-0.05, 0) is 32.9 Å². The highest BCUT2D eigenvalue weighted by molar-refractivity contribution is 5.91. The molecule has 144 valence electrons. The predicted octanol–water partition coefficient (Wildman–Crippen LogP) is 2.91. The summed E-state index contributed by atoms with van der Waals surface area (Å²) >= 11 is 0. The topological polar surface area (TPSA) is 114 Å². The van der Waals surface area contributed by atoms with E-state index in [9.17, 15) is 20.0 Å². The zero-order valence-corrected chi connectivity index (χ0v) is 15.7. The van der Waals surface area contributed by atoms with E-state index in [4.69, 9.17) is 4.74 Å². The van der Waals surface area contributed by atoms with Crippen molar-refractivity contribution in [3.8, 4) is 5.75 Å². The number of amides is 1. The molecule has 3 N–H and O–H groups in total. The van der Waals surface area contributed by atoms with Gasteiger partial charge in [-0.1, -0.05) is 19.8 Å². The maximum atomic E-state index is 11.4. The van der Waals surface area contributed by atoms with Crippen LogP contribution in [0, 0.1) is 10.1 Å². The molecular formula is C18H27N3O5. The molecule has 0 aromatic heterocycles. The van der Waals surface area contributed by atoms with Crippen LogP contribution in [0.2, 0.25) is 0 Å². The second kappa shape index (κ2) is 8.01. The third-order valence-corrected chi connectivity index (χ3v) is 4.52. The first-order valence-corrected chi connectivity index (χ1v) is 8.87. The molecule has 1 aliphatic rings. The van der Waals surface area contributed by atoms with E-state index in [1.165, 1.54) is 19.1 Å². The number of carbonyl (C=O) groups excluding carboxylic acids is 1. The normalized spacial score (nSPS) is 20.8. The second-order valence-corrected chi connectivity index (χ2v) is 7.13. The first-order valence-electron chi connectivity index (χ1n) is 8.87. The Labute approximate surface area is 153 Å². The van der Waals surface area contributed by atoms with Crippen molar-refractivity contribution in [3.63, 3.8) is 0 Å². The van der Waals surface area contributed by atoms with Crippen LogP contribution in [0.15, 0.2) is 12.1 Å². The fourth-order valence-corrected chi connectivity index (χ4v) is 3.13. The molecule has 0 spiro atoms. The molecule has 0 unspecified atom stereocenters. The summed E-state index contributed by atoms with van der Waals surface area (Å²) in [6, 6.07) is 2.39. The van der Waals surface area contributed by atoms with Crippen LogP contribution in [-0.4, -0.2) is 34.2 Å². The van der Waals surface area contributed by atoms with Crippen LogP contribution in [0.3, 0.4) is 0 Å². The number of nitrogens with zero attached hydrogens (tertiary/aromatic N) is 1. The van der Waals surface area contributed by atoms with Gasteiger partial charge in [0.2, 0.25) is 5.91 Å². The van der Waals surface area contributed by atoms with Crippen molar-refractivity contribution in [2.24, 2.45) is 0 Å². The van der Waals surface area contributed by atoms with Gasteiger partial charge < -0.3 is 20.5 Å². The van der Waals surface area contributed by atoms with Crippen molar-refractivity contribution in [1.82, 2.24) is 5.32 Å². The Bertz CT molecular complexity index is 690. The largest absolute Gasteiger partial charge is 0.484 e. The summed E-state index contributed by atoms with van der Waals surface area (Å²) in [4.78, 5) is 22.2. The van der Waals surface area contributed by atoms with Gasteiger partial charge in [0.1, 0.15) is 23.1 Å². The molecule has 8 nitrogen and oxygen atoms in total. The van der Waals surface area contributed by atoms with E-state index in [0.29, 0.717) is 17.9 Å². The number of carbonyl (C=O) groups is 1. The number of hydrogen-bond donors (Lipinski definition) is 3. The number of fused-ring (bicyclic) bond motifs is 1. The second-order valence-electron chi connectivity index (χ2n) is 7.13. The number of aliphatic hydroxyl groups is 1. The number of aliphatic hydroxyl groups excluding tert-OH is 1. The quantitative estimate of drug-likeness (QED) is 0.389. The molecule has 0 bridgehead atoms. The van der Waals surface area contributed by atoms with E-state index < -0.39 is 28.6 Å². The SMILES string of the molecule is CCCCCN[C@H]1c2cc(NC(C)=O)c([N+](=O)[O-])cc2OC(C)(C)[C@@H]1O. The molecule has 0 radical (unpaired) electrons. The molecule has 1 aromatic rings. The van der Waals surface area contributed by atoms with Crippen molar-refractivity contribution < 1.29 is 19.6 Å². The number of ether oxygens (including phenoxy) is 1. The molecule has 0 saturated heterocycles. The summed E-state index contributed by atoms with van der Waals surface area (Å²) in [5.41, 5.74) is -0.450. The summed E-state index contributed by atoms with van der Waals surface area (Å²) in [6.45, 7) is 7.60. The van der Waals surface area contributed by atoms with Gasteiger partial charge >= 0.3 is 0 Å². The molecule has 0 saturated carbocycles. The number of rotatable bonds is 7. The van der Waals surface area contributed by atoms with Crippen LogP contribution in [0.1, 0.15) is 58.6 Å². The lowest BCUT2D eigenvalue weighted by molar-refractivity contribution is -0.384. The lowest BCUT2D eigenvalue weighted by atomic mass is 9.86. The average Bonchev–Trinajstić information content (AvgIpc) is 2.54. The number of nitrogens with one attached hydrogen (secondary N) is 2. The smallest absolute Gasteiger partial charge is 0.296 e. The van der Waals surface area contributed by atoms with E-state index in [0.717, 1.165) is 19.3 Å². The van der Waals surface area contributed by atoms with Gasteiger partial charge in [-0.3, -0.25) is 14.9 Å². The van der Waals surface area contributed by atoms with Crippen molar-refractivity contribution in [1.29, 1.82) is 0 Å². The number of benzene rings is 1. The minimum absolute atomic E-state index is 0.0946. The monoisotopic (exact) mass is 365 g/mol. The highest BCUT2D eigenvalue weighted by Gasteiger charge is 2.43. The highest BCUT2D eigenvalue weighted by atomic mass is 16.6. The molecular weight excluding hydrogens is 338 g/mol. The van der Waals surface area contributed by atoms with Gasteiger partial charge in [0.25, 0.3) is 5.69 Å². The molecule has 0 aliphatic carbocycles. The van der Waals surface area contributed by atoms with E-state index >= 15 is 0 Å². The Kier molecular flexibility index (Phi) is 6.20. The van der Waals surface area contributed by atoms with E-state index in [-0.39, 0.29) is 11.4 Å². The van der Waals surface area contributed by atoms with E-state index in [1.807, 2.05) is 0 Å². The number of anilines is 1. The zero-order valence-electron chi connectivity index (χ0n) is 15.7. The first-order chi connectivity index (χ1) is 12.2. The number of hydrogen-bond acceptors (Lipinski definition) is 6. The Morgan fingerprint density at radius 2 is 2.08 bits per heavy atom. The van der Waals surface area contributed by atoms with E-state index in [2.05, 4.69) is 17.6 Å². The molecule has 8 heteroatoms. The summed E-state index contributed by atoms with van der Waals surface area (Å²) in [5.74, 6) is -0.0628. The third kappa shape index (κ3) is 4.31. The molecule has 1 heterocycles. The van der Waals surface area contributed by atoms with Crippen molar-refractivity contribution in [2.75, 3.05) is 11.9 Å². The number of nitro groups is 1. The Hall–Kier alpha value is -2.19. The van der Waals surface area contributed by atoms with Gasteiger partial charge in [-0.2, -0.15) is 0 Å². The fraction of sp³-hybridized carbons (Fsp3) is 0.611. The number of unbranched alkanes of at least 4 members (excludes halogenated alkanes) is 2. The summed E-state index contributed by atoms with van der Waals surface area (Å²) < 4.78 is 5.83. The zero-order chi connectivity index (χ0) is 19.5. The Balaban J connectivity index is 2.45. The Morgan fingerprint density at radius 3 is 2.65 bits per heavy atom. The third-order valence-electron chi connectivity index (χ3n) is 4.52. The average molecular weight is 365 g/mol. The van der Waals surface area contributed by atoms with Crippen LogP contribution in [-0.2, 0) is 4.79 Å². The molecule has 1 aromatic carbocycles. The van der Waals surface area contributed by atoms with Crippen molar-refractivity contribution in [2.45, 2.75) is 64.7 Å². The minimum Gasteiger partial charge on any atom is -0.484 e. The van der Waals surface area contributed by atoms with Crippen molar-refractivity contribution in [3.05, 3.63) is 27.8 Å². The highest BCUT2D eigenvalue weighted by Crippen LogP contribution is 2.44. The summed E-state index contributed by atoms with van der Waals surface area (Å²) in [7, 11) is 0. The van der Waals surface area contributed by atoms with Crippen LogP contribution < -0.4 is 15.4 Å². The predicted molar refractivity (Wildman–Crippen MR) is 98.4 cm³/mol. The molecule has 26 heavy (non-hydrogen) atoms. The van der Waals surface area contributed by atoms with Gasteiger partial charge in [-0.25, -0.2) is 0 Å². The summed E-state index contributed by atoms with van der Waals surface area (Å²) in [6.07, 6.45) is 2.27. The lowest BCUT2D eigenvalue weighted by Crippen LogP contribution is -2.52. The molecule has 2 atom stereocenters. The van der Waals surface area contributed by atoms with E-state index in [1.54, 1.807) is 13.8 Å². The van der Waals surface area contributed by atoms with Gasteiger partial charge in [0.15, 0.2) is 0 Å². The fourth-order valence-electron chi connectivity index (χ4n) is 3.13. The van der Waals surface area contributed by atoms with Gasteiger partial charge in [0.05, 0.1) is 17.0 Å². The van der Waals surface area contributed by atoms with Crippen LogP contribution in [0.5, 0.6) is 5.75 Å². The maximum Gasteiger partial charge on any atom is 0.296 e. The van der Waals surface area contributed by atoms with Crippen LogP contribution in [0.25, 0.3) is 0 Å². The molecule has 1 aliphatic heterocycles. The summed E-state index contributed by atoms with van der Waals surface area (Å²) in [5, 5.41) is 27.9. The van der Waals surface area contributed by atoms with Crippen LogP contribution >= 0.6 is 0 Å². The standard InChI is InChI=1S/C18H27N3O5/c1-5-6-7-8-19-16-12-9-13(20-11(2)22)14(21(24)25)10-15(12)26-18(3,4)17(16)23/h9-10,16-17,19,23H,5-8H2,1-4H3,(H,20,22)/t16-,17+/m0/s1. The number of nitro benzene ring substituents is 1. The minimum atomic E-state index is -0.904. The molecule has 0 fully saturated rings. The van der Waals surface area contributed by atoms with Gasteiger partial charge in [0, 0.05) is 12.5 Å². The first kappa shape index (κ1) is 20.1. The maximum absolute atomic E-state index is 11.4. The lowest BCUT2D eigenvalue weighted by Gasteiger charge is -2.42. The van der Waals surface area contributed by atoms with Crippen LogP contribution in [0.4, 0.5) is 11.4 Å². The molecule has 1 amide bonds. The Morgan fingerprint density at radius 1 is 1.38 bits per heavy atom. The van der Waals surface area contributed by atoms with Gasteiger partial charge in [-0.15, -0.1) is 0 Å². The van der Waals surface area contributed by atoms with Crippen molar-refractivity contribution >= 4 is 17.3 Å². The molecule has 2 rings (SSSR count).